The highest BCUT2D eigenvalue weighted by molar-refractivity contribution is 4.89. The lowest BCUT2D eigenvalue weighted by molar-refractivity contribution is -0.312. The smallest absolute Gasteiger partial charge is 0.186 e. The Labute approximate surface area is 119 Å². The molecule has 2 heterocycles. The van der Waals surface area contributed by atoms with E-state index in [4.69, 9.17) is 14.2 Å². The monoisotopic (exact) mass is 312 g/mol. The molecule has 2 saturated heterocycles. The van der Waals surface area contributed by atoms with E-state index < -0.39 is 55.3 Å². The van der Waals surface area contributed by atoms with E-state index in [1.54, 1.807) is 0 Å². The van der Waals surface area contributed by atoms with Crippen LogP contribution in [-0.4, -0.2) is 104 Å². The first-order valence-electron chi connectivity index (χ1n) is 6.48. The molecule has 7 N–H and O–H groups in total. The lowest BCUT2D eigenvalue weighted by Crippen LogP contribution is -2.59. The molecule has 124 valence electrons. The van der Waals surface area contributed by atoms with Crippen molar-refractivity contribution in [3.8, 4) is 0 Å². The van der Waals surface area contributed by atoms with Crippen LogP contribution in [0.2, 0.25) is 0 Å². The van der Waals surface area contributed by atoms with Crippen LogP contribution in [0.3, 0.4) is 0 Å². The Balaban J connectivity index is 1.88. The Morgan fingerprint density at radius 1 is 0.810 bits per heavy atom. The second-order valence-electron chi connectivity index (χ2n) is 5.12. The summed E-state index contributed by atoms with van der Waals surface area (Å²) in [6, 6.07) is 0. The van der Waals surface area contributed by atoms with Crippen LogP contribution in [0, 0.1) is 0 Å². The van der Waals surface area contributed by atoms with Gasteiger partial charge in [0.05, 0.1) is 13.2 Å². The Morgan fingerprint density at radius 2 is 1.48 bits per heavy atom. The van der Waals surface area contributed by atoms with Crippen molar-refractivity contribution >= 4 is 0 Å². The zero-order chi connectivity index (χ0) is 15.7. The predicted molar refractivity (Wildman–Crippen MR) is 62.6 cm³/mol. The van der Waals surface area contributed by atoms with E-state index in [9.17, 15) is 35.7 Å². The SMILES string of the molecule is OC1O[C@H](CO[C@H]2OC[C@@H](O)[C@H](O)[C@H]2O)[C@@H](O)[C@H](O)[C@H]1O. The van der Waals surface area contributed by atoms with Gasteiger partial charge in [-0.25, -0.2) is 0 Å². The van der Waals surface area contributed by atoms with Gasteiger partial charge in [-0.1, -0.05) is 0 Å². The third-order valence-corrected chi connectivity index (χ3v) is 3.57. The van der Waals surface area contributed by atoms with Crippen LogP contribution in [-0.2, 0) is 14.2 Å². The van der Waals surface area contributed by atoms with Crippen LogP contribution in [0.5, 0.6) is 0 Å². The quantitative estimate of drug-likeness (QED) is 0.268. The second-order valence-corrected chi connectivity index (χ2v) is 5.12. The molecule has 2 rings (SSSR count). The number of aliphatic hydroxyl groups is 7. The first kappa shape index (κ1) is 17.0. The molecule has 0 aromatic carbocycles. The molecule has 0 aliphatic carbocycles. The summed E-state index contributed by atoms with van der Waals surface area (Å²) in [4.78, 5) is 0. The number of ether oxygens (including phenoxy) is 3. The molecule has 2 aliphatic rings. The number of rotatable bonds is 3. The summed E-state index contributed by atoms with van der Waals surface area (Å²) in [6.07, 6.45) is -13.1. The van der Waals surface area contributed by atoms with E-state index in [0.29, 0.717) is 0 Å². The molecular weight excluding hydrogens is 292 g/mol. The molecule has 0 aromatic heterocycles. The molecule has 0 amide bonds. The molecule has 1 unspecified atom stereocenters. The van der Waals surface area contributed by atoms with Gasteiger partial charge < -0.3 is 50.0 Å². The highest BCUT2D eigenvalue weighted by Crippen LogP contribution is 2.22. The second kappa shape index (κ2) is 6.79. The van der Waals surface area contributed by atoms with Gasteiger partial charge in [-0.15, -0.1) is 0 Å². The van der Waals surface area contributed by atoms with Gasteiger partial charge in [0.2, 0.25) is 0 Å². The van der Waals surface area contributed by atoms with Crippen molar-refractivity contribution in [3.05, 3.63) is 0 Å². The fourth-order valence-electron chi connectivity index (χ4n) is 2.18. The summed E-state index contributed by atoms with van der Waals surface area (Å²) in [5.41, 5.74) is 0. The molecule has 2 fully saturated rings. The van der Waals surface area contributed by atoms with Crippen molar-refractivity contribution < 1.29 is 50.0 Å². The van der Waals surface area contributed by atoms with Crippen molar-refractivity contribution in [3.63, 3.8) is 0 Å². The lowest BCUT2D eigenvalue weighted by Gasteiger charge is -2.40. The molecule has 2 aliphatic heterocycles. The normalized spacial score (nSPS) is 51.9. The molecule has 0 spiro atoms. The Bertz CT molecular complexity index is 341. The third-order valence-electron chi connectivity index (χ3n) is 3.57. The van der Waals surface area contributed by atoms with Crippen molar-refractivity contribution in [2.24, 2.45) is 0 Å². The van der Waals surface area contributed by atoms with E-state index in [-0.39, 0.29) is 13.2 Å². The first-order valence-corrected chi connectivity index (χ1v) is 6.48. The predicted octanol–water partition coefficient (Wildman–Crippen LogP) is -4.76. The fraction of sp³-hybridized carbons (Fsp3) is 1.00. The molecule has 10 nitrogen and oxygen atoms in total. The molecule has 21 heavy (non-hydrogen) atoms. The van der Waals surface area contributed by atoms with Gasteiger partial charge in [-0.05, 0) is 0 Å². The van der Waals surface area contributed by atoms with E-state index >= 15 is 0 Å². The van der Waals surface area contributed by atoms with Crippen molar-refractivity contribution in [2.75, 3.05) is 13.2 Å². The van der Waals surface area contributed by atoms with Crippen LogP contribution in [0.4, 0.5) is 0 Å². The van der Waals surface area contributed by atoms with E-state index in [1.807, 2.05) is 0 Å². The minimum atomic E-state index is -1.69. The number of aliphatic hydroxyl groups excluding tert-OH is 7. The molecule has 10 heteroatoms. The van der Waals surface area contributed by atoms with Gasteiger partial charge in [-0.3, -0.25) is 0 Å². The number of hydrogen-bond donors (Lipinski definition) is 7. The Morgan fingerprint density at radius 3 is 2.14 bits per heavy atom. The molecule has 9 atom stereocenters. The summed E-state index contributed by atoms with van der Waals surface area (Å²) in [5, 5.41) is 66.2. The molecule has 0 aromatic rings. The van der Waals surface area contributed by atoms with Gasteiger partial charge in [0.15, 0.2) is 12.6 Å². The summed E-state index contributed by atoms with van der Waals surface area (Å²) in [6.45, 7) is -0.631. The molecule has 0 bridgehead atoms. The van der Waals surface area contributed by atoms with Crippen molar-refractivity contribution in [1.82, 2.24) is 0 Å². The summed E-state index contributed by atoms with van der Waals surface area (Å²) < 4.78 is 15.0. The van der Waals surface area contributed by atoms with E-state index in [1.165, 1.54) is 0 Å². The maximum absolute atomic E-state index is 9.70. The molecule has 0 saturated carbocycles. The standard InChI is InChI=1S/C11H20O10/c12-3-1-19-11(9(17)5(3)13)20-2-4-6(14)7(15)8(16)10(18)21-4/h3-18H,1-2H2/t3-,4-,5+,6-,7+,8-,9-,10?,11-/m1/s1. The summed E-state index contributed by atoms with van der Waals surface area (Å²) >= 11 is 0. The van der Waals surface area contributed by atoms with E-state index in [0.717, 1.165) is 0 Å². The maximum Gasteiger partial charge on any atom is 0.186 e. The zero-order valence-corrected chi connectivity index (χ0v) is 11.0. The Kier molecular flexibility index (Phi) is 5.48. The third kappa shape index (κ3) is 3.51. The van der Waals surface area contributed by atoms with E-state index in [2.05, 4.69) is 0 Å². The van der Waals surface area contributed by atoms with Crippen LogP contribution >= 0.6 is 0 Å². The average molecular weight is 312 g/mol. The summed E-state index contributed by atoms with van der Waals surface area (Å²) in [7, 11) is 0. The van der Waals surface area contributed by atoms with Crippen LogP contribution in [0.15, 0.2) is 0 Å². The van der Waals surface area contributed by atoms with Gasteiger partial charge in [-0.2, -0.15) is 0 Å². The van der Waals surface area contributed by atoms with Crippen molar-refractivity contribution in [1.29, 1.82) is 0 Å². The van der Waals surface area contributed by atoms with Crippen LogP contribution < -0.4 is 0 Å². The topological polar surface area (TPSA) is 169 Å². The van der Waals surface area contributed by atoms with Crippen molar-refractivity contribution in [2.45, 2.75) is 55.3 Å². The maximum atomic E-state index is 9.70. The first-order chi connectivity index (χ1) is 9.82. The fourth-order valence-corrected chi connectivity index (χ4v) is 2.18. The average Bonchev–Trinajstić information content (AvgIpc) is 2.46. The van der Waals surface area contributed by atoms with Gasteiger partial charge >= 0.3 is 0 Å². The minimum absolute atomic E-state index is 0.249. The highest BCUT2D eigenvalue weighted by Gasteiger charge is 2.44. The lowest BCUT2D eigenvalue weighted by atomic mass is 9.99. The van der Waals surface area contributed by atoms with Gasteiger partial charge in [0.1, 0.15) is 42.7 Å². The number of hydrogen-bond acceptors (Lipinski definition) is 10. The highest BCUT2D eigenvalue weighted by atomic mass is 16.7. The van der Waals surface area contributed by atoms with Crippen LogP contribution in [0.1, 0.15) is 0 Å². The zero-order valence-electron chi connectivity index (χ0n) is 11.0. The molecule has 0 radical (unpaired) electrons. The largest absolute Gasteiger partial charge is 0.388 e. The minimum Gasteiger partial charge on any atom is -0.388 e. The van der Waals surface area contributed by atoms with Gasteiger partial charge in [0, 0.05) is 0 Å². The summed E-state index contributed by atoms with van der Waals surface area (Å²) in [5.74, 6) is 0. The van der Waals surface area contributed by atoms with Gasteiger partial charge in [0.25, 0.3) is 0 Å². The van der Waals surface area contributed by atoms with Crippen LogP contribution in [0.25, 0.3) is 0 Å². The Hall–Kier alpha value is -0.400. The molecular formula is C11H20O10.